The number of likely N-dealkylation sites (N-methyl/N-ethyl adjacent to an activating group) is 1. The minimum Gasteiger partial charge on any atom is -0.397 e. The molecule has 3 amide bonds. The van der Waals surface area contributed by atoms with Crippen LogP contribution in [0.3, 0.4) is 0 Å². The summed E-state index contributed by atoms with van der Waals surface area (Å²) in [6.45, 7) is 0. The summed E-state index contributed by atoms with van der Waals surface area (Å²) in [6.07, 6.45) is 3.05. The molecule has 0 saturated heterocycles. The van der Waals surface area contributed by atoms with Crippen LogP contribution in [-0.4, -0.2) is 29.8 Å². The Morgan fingerprint density at radius 3 is 2.21 bits per heavy atom. The van der Waals surface area contributed by atoms with Crippen molar-refractivity contribution in [2.75, 3.05) is 18.1 Å². The van der Waals surface area contributed by atoms with Crippen molar-refractivity contribution in [1.29, 1.82) is 0 Å². The molecular formula is C21H20N5O3+. The van der Waals surface area contributed by atoms with Crippen molar-refractivity contribution in [2.45, 2.75) is 0 Å². The molecule has 0 spiro atoms. The monoisotopic (exact) mass is 390 g/mol. The Kier molecular flexibility index (Phi) is 5.38. The van der Waals surface area contributed by atoms with E-state index in [0.717, 1.165) is 0 Å². The van der Waals surface area contributed by atoms with Crippen molar-refractivity contribution in [3.63, 3.8) is 0 Å². The molecule has 1 aromatic heterocycles. The van der Waals surface area contributed by atoms with Gasteiger partial charge >= 0.3 is 11.8 Å². The number of para-hydroxylation sites is 2. The van der Waals surface area contributed by atoms with E-state index in [1.54, 1.807) is 73.9 Å². The summed E-state index contributed by atoms with van der Waals surface area (Å²) in [5, 5.41) is 2.74. The Bertz CT molecular complexity index is 1070. The fourth-order valence-corrected chi connectivity index (χ4v) is 2.94. The second-order valence-corrected chi connectivity index (χ2v) is 6.48. The fraction of sp³-hybridized carbons (Fsp3) is 0.0476. The van der Waals surface area contributed by atoms with Gasteiger partial charge in [0.05, 0.1) is 24.6 Å². The highest BCUT2D eigenvalue weighted by Gasteiger charge is 2.41. The van der Waals surface area contributed by atoms with Crippen molar-refractivity contribution >= 4 is 40.5 Å². The number of benzene rings is 2. The van der Waals surface area contributed by atoms with E-state index < -0.39 is 16.3 Å². The van der Waals surface area contributed by atoms with Gasteiger partial charge in [0.25, 0.3) is 5.91 Å². The van der Waals surface area contributed by atoms with Gasteiger partial charge in [-0.15, -0.1) is 0 Å². The van der Waals surface area contributed by atoms with E-state index in [1.165, 1.54) is 6.20 Å². The van der Waals surface area contributed by atoms with Crippen LogP contribution in [0.25, 0.3) is 0 Å². The van der Waals surface area contributed by atoms with Gasteiger partial charge in [0.15, 0.2) is 5.69 Å². The van der Waals surface area contributed by atoms with Gasteiger partial charge in [0, 0.05) is 30.0 Å². The van der Waals surface area contributed by atoms with Gasteiger partial charge in [-0.3, -0.25) is 14.6 Å². The predicted molar refractivity (Wildman–Crippen MR) is 111 cm³/mol. The Morgan fingerprint density at radius 1 is 0.931 bits per heavy atom. The van der Waals surface area contributed by atoms with Crippen LogP contribution in [0.4, 0.5) is 22.7 Å². The highest BCUT2D eigenvalue weighted by Crippen LogP contribution is 2.32. The number of pyridine rings is 1. The molecule has 146 valence electrons. The van der Waals surface area contributed by atoms with E-state index in [0.29, 0.717) is 28.3 Å². The zero-order valence-corrected chi connectivity index (χ0v) is 15.7. The van der Waals surface area contributed by atoms with Crippen LogP contribution in [0.1, 0.15) is 10.4 Å². The average Bonchev–Trinajstić information content (AvgIpc) is 2.75. The molecular weight excluding hydrogens is 370 g/mol. The number of nitrogens with zero attached hydrogens (tertiary/aromatic N) is 2. The quantitative estimate of drug-likeness (QED) is 0.357. The topological polar surface area (TPSA) is 128 Å². The first-order chi connectivity index (χ1) is 13.8. The molecule has 0 saturated carbocycles. The fourth-order valence-electron chi connectivity index (χ4n) is 2.94. The van der Waals surface area contributed by atoms with Crippen LogP contribution in [0, 0.1) is 0 Å². The van der Waals surface area contributed by atoms with Gasteiger partial charge < -0.3 is 16.8 Å². The van der Waals surface area contributed by atoms with Crippen LogP contribution in [0.15, 0.2) is 73.1 Å². The molecule has 0 aliphatic rings. The first-order valence-electron chi connectivity index (χ1n) is 8.72. The maximum Gasteiger partial charge on any atom is 0.413 e. The molecule has 0 bridgehead atoms. The lowest BCUT2D eigenvalue weighted by Crippen LogP contribution is -2.52. The first-order valence-corrected chi connectivity index (χ1v) is 8.72. The second-order valence-electron chi connectivity index (χ2n) is 6.48. The third-order valence-electron chi connectivity index (χ3n) is 4.63. The van der Waals surface area contributed by atoms with Crippen molar-refractivity contribution < 1.29 is 14.4 Å². The van der Waals surface area contributed by atoms with Crippen LogP contribution in [0.5, 0.6) is 0 Å². The lowest BCUT2D eigenvalue weighted by molar-refractivity contribution is -0.141. The Balaban J connectivity index is 1.94. The Labute approximate surface area is 167 Å². The van der Waals surface area contributed by atoms with E-state index in [-0.39, 0.29) is 5.91 Å². The standard InChI is InChI=1S/C21H19N5O3/c1-26(21(29)19(23)27,16-5-4-12-24-13-16)15-10-8-14(9-11-15)20(28)25-18-7-3-2-6-17(18)22/h2-13H,1H3,(H4-,22,23,25,27,28,29)/p+1. The zero-order valence-electron chi connectivity index (χ0n) is 15.7. The summed E-state index contributed by atoms with van der Waals surface area (Å²) in [5.74, 6) is -2.25. The number of primary amides is 1. The zero-order chi connectivity index (χ0) is 21.0. The molecule has 0 fully saturated rings. The highest BCUT2D eigenvalue weighted by atomic mass is 16.2. The molecule has 3 rings (SSSR count). The SMILES string of the molecule is C[N+](C(=O)C(N)=O)(c1ccc(C(=O)Nc2ccccc2N)cc1)c1cccnc1. The summed E-state index contributed by atoms with van der Waals surface area (Å²) < 4.78 is -0.503. The average molecular weight is 390 g/mol. The smallest absolute Gasteiger partial charge is 0.397 e. The number of nitrogen functional groups attached to an aromatic ring is 1. The summed E-state index contributed by atoms with van der Waals surface area (Å²) >= 11 is 0. The Hall–Kier alpha value is -4.04. The number of rotatable bonds is 4. The van der Waals surface area contributed by atoms with E-state index in [2.05, 4.69) is 10.3 Å². The summed E-state index contributed by atoms with van der Waals surface area (Å²) in [4.78, 5) is 40.8. The molecule has 1 atom stereocenters. The number of nitrogens with two attached hydrogens (primary N) is 2. The number of quaternary nitrogens is 1. The maximum absolute atomic E-state index is 12.6. The third-order valence-corrected chi connectivity index (χ3v) is 4.63. The molecule has 29 heavy (non-hydrogen) atoms. The number of anilines is 2. The van der Waals surface area contributed by atoms with Gasteiger partial charge in [-0.25, -0.2) is 4.79 Å². The predicted octanol–water partition coefficient (Wildman–Crippen LogP) is 2.20. The third kappa shape index (κ3) is 3.83. The minimum atomic E-state index is -1.07. The number of hydrogen-bond donors (Lipinski definition) is 3. The van der Waals surface area contributed by atoms with Crippen LogP contribution in [-0.2, 0) is 9.59 Å². The number of carbonyl (C=O) groups excluding carboxylic acids is 3. The number of hydrogen-bond acceptors (Lipinski definition) is 5. The molecule has 0 radical (unpaired) electrons. The van der Waals surface area contributed by atoms with E-state index in [4.69, 9.17) is 11.5 Å². The molecule has 5 N–H and O–H groups in total. The largest absolute Gasteiger partial charge is 0.413 e. The van der Waals surface area contributed by atoms with Gasteiger partial charge in [-0.05, 0) is 30.3 Å². The van der Waals surface area contributed by atoms with Crippen molar-refractivity contribution in [1.82, 2.24) is 9.47 Å². The van der Waals surface area contributed by atoms with E-state index in [1.807, 2.05) is 0 Å². The highest BCUT2D eigenvalue weighted by molar-refractivity contribution is 6.38. The number of amides is 3. The summed E-state index contributed by atoms with van der Waals surface area (Å²) in [6, 6.07) is 16.6. The van der Waals surface area contributed by atoms with E-state index >= 15 is 0 Å². The first kappa shape index (κ1) is 19.7. The summed E-state index contributed by atoms with van der Waals surface area (Å²) in [5.41, 5.74) is 13.4. The molecule has 8 nitrogen and oxygen atoms in total. The van der Waals surface area contributed by atoms with E-state index in [9.17, 15) is 14.4 Å². The number of nitrogens with one attached hydrogen (secondary N) is 1. The minimum absolute atomic E-state index is 0.355. The lowest BCUT2D eigenvalue weighted by Gasteiger charge is -2.29. The molecule has 8 heteroatoms. The van der Waals surface area contributed by atoms with Crippen molar-refractivity contribution in [3.8, 4) is 0 Å². The van der Waals surface area contributed by atoms with Crippen molar-refractivity contribution in [3.05, 3.63) is 78.6 Å². The summed E-state index contributed by atoms with van der Waals surface area (Å²) in [7, 11) is 1.55. The van der Waals surface area contributed by atoms with Gasteiger partial charge in [-0.1, -0.05) is 12.1 Å². The van der Waals surface area contributed by atoms with Crippen LogP contribution < -0.4 is 21.3 Å². The molecule has 1 unspecified atom stereocenters. The molecule has 2 aromatic carbocycles. The number of aromatic nitrogens is 1. The molecule has 1 heterocycles. The normalized spacial score (nSPS) is 12.6. The van der Waals surface area contributed by atoms with Gasteiger partial charge in [0.1, 0.15) is 5.69 Å². The van der Waals surface area contributed by atoms with Crippen molar-refractivity contribution in [2.24, 2.45) is 5.73 Å². The van der Waals surface area contributed by atoms with Crippen LogP contribution >= 0.6 is 0 Å². The molecule has 0 aliphatic carbocycles. The second kappa shape index (κ2) is 7.91. The molecule has 0 aliphatic heterocycles. The Morgan fingerprint density at radius 2 is 1.62 bits per heavy atom. The van der Waals surface area contributed by atoms with Crippen LogP contribution in [0.2, 0.25) is 0 Å². The lowest BCUT2D eigenvalue weighted by atomic mass is 10.1. The maximum atomic E-state index is 12.6. The molecule has 3 aromatic rings. The van der Waals surface area contributed by atoms with Gasteiger partial charge in [0.2, 0.25) is 0 Å². The number of carbonyl (C=O) groups is 3. The van der Waals surface area contributed by atoms with Gasteiger partial charge in [-0.2, -0.15) is 4.48 Å².